The first-order valence-corrected chi connectivity index (χ1v) is 6.98. The zero-order valence-electron chi connectivity index (χ0n) is 11.6. The third-order valence-corrected chi connectivity index (χ3v) is 3.80. The van der Waals surface area contributed by atoms with Gasteiger partial charge in [0.25, 0.3) is 0 Å². The van der Waals surface area contributed by atoms with Gasteiger partial charge in [-0.1, -0.05) is 36.4 Å². The maximum Gasteiger partial charge on any atom is 0.193 e. The fourth-order valence-electron chi connectivity index (χ4n) is 2.73. The van der Waals surface area contributed by atoms with E-state index in [1.54, 1.807) is 24.3 Å². The Hall–Kier alpha value is -3.07. The Kier molecular flexibility index (Phi) is 2.73. The monoisotopic (exact) mass is 288 g/mol. The lowest BCUT2D eigenvalue weighted by atomic mass is 10.0. The number of rotatable bonds is 1. The second-order valence-electron chi connectivity index (χ2n) is 5.15. The summed E-state index contributed by atoms with van der Waals surface area (Å²) in [4.78, 5) is 12.3. The minimum Gasteiger partial charge on any atom is -0.507 e. The number of hydrogen-bond donors (Lipinski definition) is 1. The molecule has 3 aromatic carbocycles. The van der Waals surface area contributed by atoms with Crippen LogP contribution >= 0.6 is 0 Å². The summed E-state index contributed by atoms with van der Waals surface area (Å²) in [5, 5.41) is 12.1. The van der Waals surface area contributed by atoms with Crippen molar-refractivity contribution >= 4 is 21.7 Å². The lowest BCUT2D eigenvalue weighted by molar-refractivity contribution is 0.481. The zero-order chi connectivity index (χ0) is 15.1. The molecule has 0 aliphatic rings. The Balaban J connectivity index is 2.08. The molecule has 0 radical (unpaired) electrons. The molecule has 0 unspecified atom stereocenters. The van der Waals surface area contributed by atoms with Crippen LogP contribution in [0.15, 0.2) is 75.9 Å². The summed E-state index contributed by atoms with van der Waals surface area (Å²) < 4.78 is 5.90. The van der Waals surface area contributed by atoms with E-state index in [4.69, 9.17) is 4.42 Å². The van der Waals surface area contributed by atoms with E-state index in [2.05, 4.69) is 0 Å². The summed E-state index contributed by atoms with van der Waals surface area (Å²) in [6, 6.07) is 19.6. The molecule has 4 rings (SSSR count). The van der Waals surface area contributed by atoms with E-state index in [-0.39, 0.29) is 11.2 Å². The van der Waals surface area contributed by atoms with Gasteiger partial charge in [-0.15, -0.1) is 0 Å². The second kappa shape index (κ2) is 4.74. The molecule has 4 aromatic rings. The van der Waals surface area contributed by atoms with Crippen LogP contribution in [0.3, 0.4) is 0 Å². The summed E-state index contributed by atoms with van der Waals surface area (Å²) in [5.74, 6) is 0.711. The molecule has 0 spiro atoms. The van der Waals surface area contributed by atoms with Crippen LogP contribution in [-0.4, -0.2) is 5.11 Å². The van der Waals surface area contributed by atoms with Gasteiger partial charge in [0.1, 0.15) is 17.1 Å². The molecule has 1 N–H and O–H groups in total. The first-order valence-electron chi connectivity index (χ1n) is 6.98. The van der Waals surface area contributed by atoms with Gasteiger partial charge in [0.2, 0.25) is 0 Å². The Morgan fingerprint density at radius 3 is 2.27 bits per heavy atom. The van der Waals surface area contributed by atoms with Crippen LogP contribution < -0.4 is 5.43 Å². The van der Waals surface area contributed by atoms with E-state index in [1.807, 2.05) is 36.4 Å². The zero-order valence-corrected chi connectivity index (χ0v) is 11.6. The van der Waals surface area contributed by atoms with Crippen molar-refractivity contribution in [2.45, 2.75) is 0 Å². The van der Waals surface area contributed by atoms with Gasteiger partial charge in [0.05, 0.1) is 5.39 Å². The highest BCUT2D eigenvalue weighted by molar-refractivity contribution is 5.99. The molecule has 0 atom stereocenters. The van der Waals surface area contributed by atoms with Gasteiger partial charge >= 0.3 is 0 Å². The van der Waals surface area contributed by atoms with Gasteiger partial charge < -0.3 is 9.52 Å². The Morgan fingerprint density at radius 2 is 1.45 bits per heavy atom. The van der Waals surface area contributed by atoms with Crippen LogP contribution in [0.5, 0.6) is 5.75 Å². The third kappa shape index (κ3) is 1.87. The molecule has 3 nitrogen and oxygen atoms in total. The van der Waals surface area contributed by atoms with Gasteiger partial charge in [0.15, 0.2) is 5.43 Å². The van der Waals surface area contributed by atoms with Crippen molar-refractivity contribution in [2.75, 3.05) is 0 Å². The predicted molar refractivity (Wildman–Crippen MR) is 87.1 cm³/mol. The molecular formula is C19H12O3. The number of fused-ring (bicyclic) bond motifs is 2. The van der Waals surface area contributed by atoms with Crippen LogP contribution in [0.1, 0.15) is 0 Å². The molecule has 0 saturated heterocycles. The Morgan fingerprint density at radius 1 is 0.773 bits per heavy atom. The van der Waals surface area contributed by atoms with E-state index in [9.17, 15) is 9.90 Å². The van der Waals surface area contributed by atoms with E-state index >= 15 is 0 Å². The highest BCUT2D eigenvalue weighted by Crippen LogP contribution is 2.34. The van der Waals surface area contributed by atoms with Crippen LogP contribution in [0, 0.1) is 0 Å². The summed E-state index contributed by atoms with van der Waals surface area (Å²) in [6.07, 6.45) is 0. The third-order valence-electron chi connectivity index (χ3n) is 3.80. The van der Waals surface area contributed by atoms with Crippen molar-refractivity contribution in [1.82, 2.24) is 0 Å². The maximum atomic E-state index is 12.3. The van der Waals surface area contributed by atoms with Gasteiger partial charge in [-0.2, -0.15) is 0 Å². The second-order valence-corrected chi connectivity index (χ2v) is 5.15. The summed E-state index contributed by atoms with van der Waals surface area (Å²) in [7, 11) is 0. The average molecular weight is 288 g/mol. The summed E-state index contributed by atoms with van der Waals surface area (Å²) in [5.41, 5.74) is 1.27. The van der Waals surface area contributed by atoms with Crippen LogP contribution in [0.25, 0.3) is 33.1 Å². The molecule has 0 bridgehead atoms. The minimum atomic E-state index is -0.0750. The molecule has 3 heteroatoms. The summed E-state index contributed by atoms with van der Waals surface area (Å²) >= 11 is 0. The smallest absolute Gasteiger partial charge is 0.193 e. The molecular weight excluding hydrogens is 276 g/mol. The van der Waals surface area contributed by atoms with E-state index < -0.39 is 0 Å². The van der Waals surface area contributed by atoms with Crippen molar-refractivity contribution in [1.29, 1.82) is 0 Å². The van der Waals surface area contributed by atoms with Gasteiger partial charge in [0, 0.05) is 17.0 Å². The first-order chi connectivity index (χ1) is 10.7. The average Bonchev–Trinajstić information content (AvgIpc) is 2.55. The quantitative estimate of drug-likeness (QED) is 0.567. The molecule has 106 valence electrons. The van der Waals surface area contributed by atoms with E-state index in [1.165, 1.54) is 6.07 Å². The molecule has 0 saturated carbocycles. The number of phenols is 1. The standard InChI is InChI=1S/C19H12O3/c20-16-10-9-14(12-5-1-2-6-13(12)16)19-11-17(21)15-7-3-4-8-18(15)22-19/h1-11,20H. The highest BCUT2D eigenvalue weighted by Gasteiger charge is 2.11. The van der Waals surface area contributed by atoms with Crippen molar-refractivity contribution < 1.29 is 9.52 Å². The fraction of sp³-hybridized carbons (Fsp3) is 0. The topological polar surface area (TPSA) is 50.4 Å². The molecule has 1 heterocycles. The minimum absolute atomic E-state index is 0.0750. The number of benzene rings is 3. The van der Waals surface area contributed by atoms with Crippen molar-refractivity contribution in [2.24, 2.45) is 0 Å². The molecule has 0 aliphatic carbocycles. The van der Waals surface area contributed by atoms with Crippen LogP contribution in [-0.2, 0) is 0 Å². The Bertz CT molecular complexity index is 1060. The summed E-state index contributed by atoms with van der Waals surface area (Å²) in [6.45, 7) is 0. The number of aromatic hydroxyl groups is 1. The van der Waals surface area contributed by atoms with Crippen molar-refractivity contribution in [3.8, 4) is 17.1 Å². The Labute approximate surface area is 126 Å². The number of phenolic OH excluding ortho intramolecular Hbond substituents is 1. The number of hydrogen-bond acceptors (Lipinski definition) is 3. The van der Waals surface area contributed by atoms with Crippen molar-refractivity contribution in [3.05, 3.63) is 77.0 Å². The van der Waals surface area contributed by atoms with E-state index in [0.29, 0.717) is 16.7 Å². The van der Waals surface area contributed by atoms with Gasteiger partial charge in [-0.25, -0.2) is 0 Å². The SMILES string of the molecule is O=c1cc(-c2ccc(O)c3ccccc23)oc2ccccc12. The highest BCUT2D eigenvalue weighted by atomic mass is 16.3. The lowest BCUT2D eigenvalue weighted by Crippen LogP contribution is -2.00. The predicted octanol–water partition coefficient (Wildman–Crippen LogP) is 4.32. The number of para-hydroxylation sites is 1. The van der Waals surface area contributed by atoms with Gasteiger partial charge in [-0.3, -0.25) is 4.79 Å². The molecule has 0 aliphatic heterocycles. The fourth-order valence-corrected chi connectivity index (χ4v) is 2.73. The van der Waals surface area contributed by atoms with Crippen LogP contribution in [0.2, 0.25) is 0 Å². The lowest BCUT2D eigenvalue weighted by Gasteiger charge is -2.08. The van der Waals surface area contributed by atoms with Crippen molar-refractivity contribution in [3.63, 3.8) is 0 Å². The van der Waals surface area contributed by atoms with Crippen LogP contribution in [0.4, 0.5) is 0 Å². The molecule has 0 fully saturated rings. The first kappa shape index (κ1) is 12.7. The molecule has 0 amide bonds. The largest absolute Gasteiger partial charge is 0.507 e. The normalized spacial score (nSPS) is 11.1. The van der Waals surface area contributed by atoms with E-state index in [0.717, 1.165) is 16.3 Å². The van der Waals surface area contributed by atoms with Gasteiger partial charge in [-0.05, 0) is 29.7 Å². The molecule has 1 aromatic heterocycles. The molecule has 22 heavy (non-hydrogen) atoms. The maximum absolute atomic E-state index is 12.3.